The Morgan fingerprint density at radius 3 is 2.71 bits per heavy atom. The molecule has 0 bridgehead atoms. The molecular formula is C15H10BrCl2FN2. The Hall–Kier alpha value is -1.10. The lowest BCUT2D eigenvalue weighted by atomic mass is 10.2. The highest BCUT2D eigenvalue weighted by Gasteiger charge is 2.11. The van der Waals surface area contributed by atoms with E-state index in [1.54, 1.807) is 12.1 Å². The van der Waals surface area contributed by atoms with Gasteiger partial charge in [0, 0.05) is 11.0 Å². The SMILES string of the molecule is Fc1ccc(Cn2c(CCl)nc3cc(Br)ccc32)cc1Cl. The molecule has 1 aromatic heterocycles. The molecule has 6 heteroatoms. The van der Waals surface area contributed by atoms with Gasteiger partial charge < -0.3 is 4.57 Å². The van der Waals surface area contributed by atoms with Crippen molar-refractivity contribution in [1.82, 2.24) is 9.55 Å². The van der Waals surface area contributed by atoms with Gasteiger partial charge in [0.1, 0.15) is 11.6 Å². The van der Waals surface area contributed by atoms with Crippen LogP contribution in [0.15, 0.2) is 40.9 Å². The number of hydrogen-bond acceptors (Lipinski definition) is 1. The summed E-state index contributed by atoms with van der Waals surface area (Å²) in [6.45, 7) is 0.542. The van der Waals surface area contributed by atoms with Gasteiger partial charge in [-0.25, -0.2) is 9.37 Å². The molecule has 0 N–H and O–H groups in total. The number of imidazole rings is 1. The molecule has 1 heterocycles. The van der Waals surface area contributed by atoms with Gasteiger partial charge in [-0.2, -0.15) is 0 Å². The van der Waals surface area contributed by atoms with Gasteiger partial charge in [-0.1, -0.05) is 33.6 Å². The predicted molar refractivity (Wildman–Crippen MR) is 87.5 cm³/mol. The van der Waals surface area contributed by atoms with E-state index in [0.717, 1.165) is 26.9 Å². The molecule has 0 aliphatic heterocycles. The lowest BCUT2D eigenvalue weighted by molar-refractivity contribution is 0.626. The van der Waals surface area contributed by atoms with Crippen LogP contribution in [-0.4, -0.2) is 9.55 Å². The lowest BCUT2D eigenvalue weighted by Crippen LogP contribution is -2.04. The summed E-state index contributed by atoms with van der Waals surface area (Å²) in [4.78, 5) is 4.52. The Bertz CT molecular complexity index is 817. The zero-order valence-corrected chi connectivity index (χ0v) is 13.9. The lowest BCUT2D eigenvalue weighted by Gasteiger charge is -2.08. The first-order valence-corrected chi connectivity index (χ1v) is 7.93. The Balaban J connectivity index is 2.08. The van der Waals surface area contributed by atoms with Crippen LogP contribution in [-0.2, 0) is 12.4 Å². The van der Waals surface area contributed by atoms with Crippen molar-refractivity contribution in [2.45, 2.75) is 12.4 Å². The van der Waals surface area contributed by atoms with E-state index in [4.69, 9.17) is 23.2 Å². The molecule has 0 atom stereocenters. The fourth-order valence-electron chi connectivity index (χ4n) is 2.25. The van der Waals surface area contributed by atoms with Crippen molar-refractivity contribution in [3.05, 3.63) is 63.1 Å². The number of benzene rings is 2. The van der Waals surface area contributed by atoms with Gasteiger partial charge in [-0.15, -0.1) is 11.6 Å². The minimum atomic E-state index is -0.419. The first kappa shape index (κ1) is 14.8. The highest BCUT2D eigenvalue weighted by atomic mass is 79.9. The Kier molecular flexibility index (Phi) is 4.20. The molecule has 3 aromatic rings. The van der Waals surface area contributed by atoms with Crippen LogP contribution in [0.25, 0.3) is 11.0 Å². The smallest absolute Gasteiger partial charge is 0.141 e. The number of halogens is 4. The monoisotopic (exact) mass is 386 g/mol. The van der Waals surface area contributed by atoms with Crippen molar-refractivity contribution in [2.75, 3.05) is 0 Å². The fraction of sp³-hybridized carbons (Fsp3) is 0.133. The highest BCUT2D eigenvalue weighted by molar-refractivity contribution is 9.10. The van der Waals surface area contributed by atoms with Crippen molar-refractivity contribution < 1.29 is 4.39 Å². The molecule has 2 nitrogen and oxygen atoms in total. The van der Waals surface area contributed by atoms with Gasteiger partial charge in [0.2, 0.25) is 0 Å². The van der Waals surface area contributed by atoms with E-state index in [0.29, 0.717) is 12.4 Å². The second kappa shape index (κ2) is 5.95. The summed E-state index contributed by atoms with van der Waals surface area (Å²) in [5, 5.41) is 0.118. The first-order valence-electron chi connectivity index (χ1n) is 6.23. The Labute approximate surface area is 139 Å². The van der Waals surface area contributed by atoms with Gasteiger partial charge in [0.05, 0.1) is 21.9 Å². The third-order valence-electron chi connectivity index (χ3n) is 3.23. The molecule has 0 aliphatic rings. The van der Waals surface area contributed by atoms with Crippen LogP contribution >= 0.6 is 39.1 Å². The van der Waals surface area contributed by atoms with E-state index in [9.17, 15) is 4.39 Å². The maximum atomic E-state index is 13.2. The van der Waals surface area contributed by atoms with E-state index < -0.39 is 5.82 Å². The van der Waals surface area contributed by atoms with Crippen LogP contribution in [0.3, 0.4) is 0 Å². The summed E-state index contributed by atoms with van der Waals surface area (Å²) in [6, 6.07) is 10.6. The van der Waals surface area contributed by atoms with Crippen LogP contribution in [0.4, 0.5) is 4.39 Å². The molecule has 0 aliphatic carbocycles. The normalized spacial score (nSPS) is 11.2. The van der Waals surface area contributed by atoms with Crippen molar-refractivity contribution in [1.29, 1.82) is 0 Å². The average molecular weight is 388 g/mol. The van der Waals surface area contributed by atoms with Crippen molar-refractivity contribution >= 4 is 50.2 Å². The fourth-order valence-corrected chi connectivity index (χ4v) is 3.01. The molecular weight excluding hydrogens is 378 g/mol. The topological polar surface area (TPSA) is 17.8 Å². The van der Waals surface area contributed by atoms with Gasteiger partial charge in [-0.05, 0) is 35.9 Å². The standard InChI is InChI=1S/C15H10BrCl2FN2/c16-10-2-4-14-13(6-10)20-15(7-17)21(14)8-9-1-3-12(19)11(18)5-9/h1-6H,7-8H2. The molecule has 0 unspecified atom stereocenters. The van der Waals surface area contributed by atoms with Crippen molar-refractivity contribution in [2.24, 2.45) is 0 Å². The number of alkyl halides is 1. The van der Waals surface area contributed by atoms with Crippen LogP contribution in [0.1, 0.15) is 11.4 Å². The van der Waals surface area contributed by atoms with E-state index in [1.165, 1.54) is 6.07 Å². The van der Waals surface area contributed by atoms with Gasteiger partial charge in [-0.3, -0.25) is 0 Å². The van der Waals surface area contributed by atoms with E-state index >= 15 is 0 Å². The van der Waals surface area contributed by atoms with E-state index in [1.807, 2.05) is 22.8 Å². The summed E-state index contributed by atoms with van der Waals surface area (Å²) in [7, 11) is 0. The van der Waals surface area contributed by atoms with E-state index in [2.05, 4.69) is 20.9 Å². The third-order valence-corrected chi connectivity index (χ3v) is 4.26. The Morgan fingerprint density at radius 1 is 1.19 bits per heavy atom. The van der Waals surface area contributed by atoms with Gasteiger partial charge in [0.25, 0.3) is 0 Å². The minimum absolute atomic E-state index is 0.118. The maximum absolute atomic E-state index is 13.2. The molecule has 108 valence electrons. The van der Waals surface area contributed by atoms with Crippen molar-refractivity contribution in [3.8, 4) is 0 Å². The summed E-state index contributed by atoms with van der Waals surface area (Å²) < 4.78 is 16.2. The van der Waals surface area contributed by atoms with Crippen LogP contribution < -0.4 is 0 Å². The molecule has 0 amide bonds. The van der Waals surface area contributed by atoms with Gasteiger partial charge >= 0.3 is 0 Å². The average Bonchev–Trinajstić information content (AvgIpc) is 2.80. The number of aromatic nitrogens is 2. The number of fused-ring (bicyclic) bond motifs is 1. The molecule has 0 radical (unpaired) electrons. The zero-order chi connectivity index (χ0) is 15.0. The molecule has 2 aromatic carbocycles. The molecule has 3 rings (SSSR count). The van der Waals surface area contributed by atoms with E-state index in [-0.39, 0.29) is 5.02 Å². The summed E-state index contributed by atoms with van der Waals surface area (Å²) >= 11 is 15.3. The Morgan fingerprint density at radius 2 is 2.00 bits per heavy atom. The number of nitrogens with zero attached hydrogens (tertiary/aromatic N) is 2. The second-order valence-corrected chi connectivity index (χ2v) is 6.22. The van der Waals surface area contributed by atoms with Crippen LogP contribution in [0.5, 0.6) is 0 Å². The highest BCUT2D eigenvalue weighted by Crippen LogP contribution is 2.24. The summed E-state index contributed by atoms with van der Waals surface area (Å²) in [5.41, 5.74) is 2.75. The molecule has 0 spiro atoms. The first-order chi connectivity index (χ1) is 10.1. The third kappa shape index (κ3) is 2.93. The minimum Gasteiger partial charge on any atom is -0.322 e. The van der Waals surface area contributed by atoms with Crippen molar-refractivity contribution in [3.63, 3.8) is 0 Å². The van der Waals surface area contributed by atoms with Crippen LogP contribution in [0.2, 0.25) is 5.02 Å². The summed E-state index contributed by atoms with van der Waals surface area (Å²) in [6.07, 6.45) is 0. The zero-order valence-electron chi connectivity index (χ0n) is 10.8. The molecule has 0 saturated heterocycles. The number of rotatable bonds is 3. The van der Waals surface area contributed by atoms with Gasteiger partial charge in [0.15, 0.2) is 0 Å². The predicted octanol–water partition coefficient (Wildman–Crippen LogP) is 5.38. The second-order valence-electron chi connectivity index (χ2n) is 4.63. The maximum Gasteiger partial charge on any atom is 0.141 e. The summed E-state index contributed by atoms with van der Waals surface area (Å²) in [5.74, 6) is 0.656. The number of hydrogen-bond donors (Lipinski definition) is 0. The molecule has 21 heavy (non-hydrogen) atoms. The molecule has 0 fully saturated rings. The largest absolute Gasteiger partial charge is 0.322 e. The quantitative estimate of drug-likeness (QED) is 0.551. The molecule has 0 saturated carbocycles. The van der Waals surface area contributed by atoms with Crippen LogP contribution in [0, 0.1) is 5.82 Å².